The Morgan fingerprint density at radius 3 is 2.70 bits per heavy atom. The van der Waals surface area contributed by atoms with E-state index in [1.165, 1.54) is 25.5 Å². The summed E-state index contributed by atoms with van der Waals surface area (Å²) in [7, 11) is 1.36. The predicted molar refractivity (Wildman–Crippen MR) is 85.9 cm³/mol. The molecule has 0 saturated carbocycles. The van der Waals surface area contributed by atoms with Crippen LogP contribution in [0.15, 0.2) is 47.6 Å². The molecule has 0 aliphatic rings. The van der Waals surface area contributed by atoms with Crippen LogP contribution >= 0.6 is 0 Å². The summed E-state index contributed by atoms with van der Waals surface area (Å²) in [6.45, 7) is 1.82. The summed E-state index contributed by atoms with van der Waals surface area (Å²) in [4.78, 5) is 22.4. The third-order valence-corrected chi connectivity index (χ3v) is 3.17. The number of amides is 1. The number of rotatable bonds is 5. The Labute approximate surface area is 132 Å². The number of nitrogens with zero attached hydrogens (tertiary/aromatic N) is 2. The molecule has 0 radical (unpaired) electrons. The fourth-order valence-corrected chi connectivity index (χ4v) is 1.98. The van der Waals surface area contributed by atoms with Gasteiger partial charge in [0.1, 0.15) is 0 Å². The van der Waals surface area contributed by atoms with E-state index in [-0.39, 0.29) is 17.3 Å². The third kappa shape index (κ3) is 3.91. The molecule has 0 atom stereocenters. The molecule has 1 N–H and O–H groups in total. The van der Waals surface area contributed by atoms with E-state index >= 15 is 0 Å². The quantitative estimate of drug-likeness (QED) is 0.521. The molecule has 2 aromatic rings. The number of nitro benzene ring substituents is 1. The van der Waals surface area contributed by atoms with Crippen LogP contribution in [0.3, 0.4) is 0 Å². The molecular formula is C16H15N3O4. The van der Waals surface area contributed by atoms with Crippen molar-refractivity contribution in [2.45, 2.75) is 6.92 Å². The van der Waals surface area contributed by atoms with Gasteiger partial charge in [-0.3, -0.25) is 14.9 Å². The summed E-state index contributed by atoms with van der Waals surface area (Å²) in [5.41, 5.74) is 4.06. The van der Waals surface area contributed by atoms with Crippen molar-refractivity contribution in [1.29, 1.82) is 0 Å². The summed E-state index contributed by atoms with van der Waals surface area (Å²) in [6, 6.07) is 11.5. The zero-order valence-corrected chi connectivity index (χ0v) is 12.6. The molecule has 0 aliphatic carbocycles. The highest BCUT2D eigenvalue weighted by atomic mass is 16.6. The van der Waals surface area contributed by atoms with E-state index in [4.69, 9.17) is 4.74 Å². The average molecular weight is 313 g/mol. The van der Waals surface area contributed by atoms with Crippen LogP contribution in [0.4, 0.5) is 5.69 Å². The standard InChI is InChI=1S/C16H15N3O4/c1-11-5-3-4-6-13(11)16(20)18-17-10-12-7-8-15(23-2)14(9-12)19(21)22/h3-10H,1-2H3,(H,18,20)/b17-10+. The van der Waals surface area contributed by atoms with Crippen molar-refractivity contribution in [2.24, 2.45) is 5.10 Å². The Kier molecular flexibility index (Phi) is 5.03. The Bertz CT molecular complexity index is 772. The maximum absolute atomic E-state index is 12.0. The van der Waals surface area contributed by atoms with Gasteiger partial charge in [-0.2, -0.15) is 5.10 Å². The SMILES string of the molecule is COc1ccc(/C=N/NC(=O)c2ccccc2C)cc1[N+](=O)[O-]. The number of ether oxygens (including phenoxy) is 1. The number of carbonyl (C=O) groups is 1. The van der Waals surface area contributed by atoms with Crippen LogP contribution in [0.5, 0.6) is 5.75 Å². The molecule has 0 bridgehead atoms. The summed E-state index contributed by atoms with van der Waals surface area (Å²) >= 11 is 0. The van der Waals surface area contributed by atoms with E-state index in [1.54, 1.807) is 18.2 Å². The number of carbonyl (C=O) groups excluding carboxylic acids is 1. The van der Waals surface area contributed by atoms with Crippen LogP contribution in [0.25, 0.3) is 0 Å². The van der Waals surface area contributed by atoms with Gasteiger partial charge in [0, 0.05) is 17.2 Å². The minimum atomic E-state index is -0.540. The van der Waals surface area contributed by atoms with Crippen LogP contribution in [-0.4, -0.2) is 24.2 Å². The second kappa shape index (κ2) is 7.17. The molecule has 2 aromatic carbocycles. The number of benzene rings is 2. The predicted octanol–water partition coefficient (Wildman–Crippen LogP) is 2.68. The monoisotopic (exact) mass is 313 g/mol. The Morgan fingerprint density at radius 2 is 2.04 bits per heavy atom. The molecule has 118 valence electrons. The summed E-state index contributed by atoms with van der Waals surface area (Å²) in [6.07, 6.45) is 1.34. The van der Waals surface area contributed by atoms with Gasteiger partial charge in [0.2, 0.25) is 0 Å². The Balaban J connectivity index is 2.12. The van der Waals surface area contributed by atoms with E-state index in [1.807, 2.05) is 19.1 Å². The van der Waals surface area contributed by atoms with Crippen molar-refractivity contribution in [3.63, 3.8) is 0 Å². The molecule has 23 heavy (non-hydrogen) atoms. The molecular weight excluding hydrogens is 298 g/mol. The molecule has 2 rings (SSSR count). The van der Waals surface area contributed by atoms with Gasteiger partial charge < -0.3 is 4.74 Å². The minimum Gasteiger partial charge on any atom is -0.490 e. The highest BCUT2D eigenvalue weighted by molar-refractivity contribution is 5.96. The van der Waals surface area contributed by atoms with Gasteiger partial charge in [0.25, 0.3) is 5.91 Å². The smallest absolute Gasteiger partial charge is 0.311 e. The summed E-state index contributed by atoms with van der Waals surface area (Å²) in [5.74, 6) is -0.182. The van der Waals surface area contributed by atoms with Crippen molar-refractivity contribution in [1.82, 2.24) is 5.43 Å². The van der Waals surface area contributed by atoms with Gasteiger partial charge in [0.15, 0.2) is 5.75 Å². The number of nitrogens with one attached hydrogen (secondary N) is 1. The molecule has 0 unspecified atom stereocenters. The lowest BCUT2D eigenvalue weighted by atomic mass is 10.1. The van der Waals surface area contributed by atoms with Gasteiger partial charge in [-0.05, 0) is 30.7 Å². The topological polar surface area (TPSA) is 93.8 Å². The van der Waals surface area contributed by atoms with Crippen molar-refractivity contribution >= 4 is 17.8 Å². The van der Waals surface area contributed by atoms with Crippen LogP contribution < -0.4 is 10.2 Å². The van der Waals surface area contributed by atoms with Crippen molar-refractivity contribution in [3.05, 3.63) is 69.3 Å². The fraction of sp³-hybridized carbons (Fsp3) is 0.125. The Morgan fingerprint density at radius 1 is 1.30 bits per heavy atom. The molecule has 0 heterocycles. The van der Waals surface area contributed by atoms with Crippen LogP contribution in [0.1, 0.15) is 21.5 Å². The van der Waals surface area contributed by atoms with Gasteiger partial charge in [-0.1, -0.05) is 18.2 Å². The maximum atomic E-state index is 12.0. The fourth-order valence-electron chi connectivity index (χ4n) is 1.98. The number of aryl methyl sites for hydroxylation is 1. The zero-order valence-electron chi connectivity index (χ0n) is 12.6. The van der Waals surface area contributed by atoms with Gasteiger partial charge in [0.05, 0.1) is 18.2 Å². The molecule has 0 saturated heterocycles. The molecule has 0 aliphatic heterocycles. The third-order valence-electron chi connectivity index (χ3n) is 3.17. The van der Waals surface area contributed by atoms with Crippen LogP contribution in [0.2, 0.25) is 0 Å². The molecule has 0 spiro atoms. The molecule has 0 aromatic heterocycles. The zero-order chi connectivity index (χ0) is 16.8. The van der Waals surface area contributed by atoms with Crippen molar-refractivity contribution in [3.8, 4) is 5.75 Å². The highest BCUT2D eigenvalue weighted by Gasteiger charge is 2.14. The lowest BCUT2D eigenvalue weighted by Crippen LogP contribution is -2.18. The molecule has 7 heteroatoms. The van der Waals surface area contributed by atoms with E-state index in [9.17, 15) is 14.9 Å². The van der Waals surface area contributed by atoms with Gasteiger partial charge in [-0.25, -0.2) is 5.43 Å². The first-order valence-electron chi connectivity index (χ1n) is 6.74. The largest absolute Gasteiger partial charge is 0.490 e. The second-order valence-electron chi connectivity index (χ2n) is 4.70. The minimum absolute atomic E-state index is 0.163. The van der Waals surface area contributed by atoms with Crippen LogP contribution in [0, 0.1) is 17.0 Å². The van der Waals surface area contributed by atoms with Gasteiger partial charge >= 0.3 is 5.69 Å². The van der Waals surface area contributed by atoms with Crippen molar-refractivity contribution in [2.75, 3.05) is 7.11 Å². The lowest BCUT2D eigenvalue weighted by molar-refractivity contribution is -0.385. The first-order valence-corrected chi connectivity index (χ1v) is 6.74. The average Bonchev–Trinajstić information content (AvgIpc) is 2.55. The van der Waals surface area contributed by atoms with Crippen LogP contribution in [-0.2, 0) is 0 Å². The van der Waals surface area contributed by atoms with E-state index in [0.29, 0.717) is 11.1 Å². The summed E-state index contributed by atoms with van der Waals surface area (Å²) < 4.78 is 4.92. The molecule has 7 nitrogen and oxygen atoms in total. The van der Waals surface area contributed by atoms with E-state index < -0.39 is 4.92 Å². The number of nitro groups is 1. The van der Waals surface area contributed by atoms with Crippen molar-refractivity contribution < 1.29 is 14.5 Å². The first-order chi connectivity index (χ1) is 11.0. The lowest BCUT2D eigenvalue weighted by Gasteiger charge is -2.03. The number of hydrogen-bond donors (Lipinski definition) is 1. The first kappa shape index (κ1) is 16.2. The molecule has 0 fully saturated rings. The summed E-state index contributed by atoms with van der Waals surface area (Å²) in [5, 5.41) is 14.8. The van der Waals surface area contributed by atoms with E-state index in [2.05, 4.69) is 10.5 Å². The molecule has 1 amide bonds. The van der Waals surface area contributed by atoms with Gasteiger partial charge in [-0.15, -0.1) is 0 Å². The maximum Gasteiger partial charge on any atom is 0.311 e. The second-order valence-corrected chi connectivity index (χ2v) is 4.70. The van der Waals surface area contributed by atoms with E-state index in [0.717, 1.165) is 5.56 Å². The number of hydrogen-bond acceptors (Lipinski definition) is 5. The Hall–Kier alpha value is -3.22. The number of methoxy groups -OCH3 is 1. The number of hydrazone groups is 1. The normalized spacial score (nSPS) is 10.5. The highest BCUT2D eigenvalue weighted by Crippen LogP contribution is 2.26.